The summed E-state index contributed by atoms with van der Waals surface area (Å²) in [6, 6.07) is 4.12. The van der Waals surface area contributed by atoms with E-state index in [9.17, 15) is 0 Å². The fourth-order valence-corrected chi connectivity index (χ4v) is 1.93. The van der Waals surface area contributed by atoms with Crippen molar-refractivity contribution in [2.45, 2.75) is 32.9 Å². The van der Waals surface area contributed by atoms with E-state index in [-0.39, 0.29) is 6.04 Å². The Balaban J connectivity index is 1.97. The molecule has 0 aromatic carbocycles. The van der Waals surface area contributed by atoms with Gasteiger partial charge in [-0.15, -0.1) is 0 Å². The van der Waals surface area contributed by atoms with Crippen LogP contribution in [0.2, 0.25) is 0 Å². The lowest BCUT2D eigenvalue weighted by atomic mass is 10.2. The van der Waals surface area contributed by atoms with Gasteiger partial charge in [0.1, 0.15) is 5.76 Å². The van der Waals surface area contributed by atoms with E-state index in [1.54, 1.807) is 6.26 Å². The van der Waals surface area contributed by atoms with Crippen LogP contribution in [0.5, 0.6) is 0 Å². The van der Waals surface area contributed by atoms with Gasteiger partial charge in [0.25, 0.3) is 0 Å². The predicted octanol–water partition coefficient (Wildman–Crippen LogP) is 2.43. The Kier molecular flexibility index (Phi) is 3.64. The lowest BCUT2D eigenvalue weighted by molar-refractivity contribution is 0.430. The maximum absolute atomic E-state index is 5.36. The largest absolute Gasteiger partial charge is 0.468 e. The molecule has 0 aliphatic carbocycles. The number of nitrogens with zero attached hydrogens (tertiary/aromatic N) is 2. The minimum atomic E-state index is 0.218. The second-order valence-electron chi connectivity index (χ2n) is 4.25. The summed E-state index contributed by atoms with van der Waals surface area (Å²) >= 11 is 0. The number of aromatic nitrogens is 2. The van der Waals surface area contributed by atoms with Crippen LogP contribution >= 0.6 is 0 Å². The average Bonchev–Trinajstić information content (AvgIpc) is 2.94. The van der Waals surface area contributed by atoms with E-state index in [0.29, 0.717) is 0 Å². The van der Waals surface area contributed by atoms with Crippen molar-refractivity contribution in [3.8, 4) is 0 Å². The summed E-state index contributed by atoms with van der Waals surface area (Å²) in [6.07, 6.45) is 4.74. The zero-order valence-electron chi connectivity index (χ0n) is 10.6. The second-order valence-corrected chi connectivity index (χ2v) is 4.25. The summed E-state index contributed by atoms with van der Waals surface area (Å²) < 4.78 is 7.23. The topological polar surface area (TPSA) is 43.0 Å². The minimum absolute atomic E-state index is 0.218. The molecule has 0 bridgehead atoms. The molecule has 1 atom stereocenters. The lowest BCUT2D eigenvalue weighted by Crippen LogP contribution is -2.18. The van der Waals surface area contributed by atoms with Gasteiger partial charge in [0.15, 0.2) is 0 Å². The van der Waals surface area contributed by atoms with Crippen molar-refractivity contribution in [2.75, 3.05) is 0 Å². The zero-order valence-corrected chi connectivity index (χ0v) is 10.6. The fraction of sp³-hybridized carbons (Fsp3) is 0.462. The number of rotatable bonds is 5. The van der Waals surface area contributed by atoms with Crippen LogP contribution in [-0.2, 0) is 20.0 Å². The van der Waals surface area contributed by atoms with Crippen molar-refractivity contribution < 1.29 is 4.42 Å². The Morgan fingerprint density at radius 2 is 2.35 bits per heavy atom. The molecule has 0 saturated carbocycles. The first-order valence-electron chi connectivity index (χ1n) is 5.99. The van der Waals surface area contributed by atoms with E-state index in [2.05, 4.69) is 30.5 Å². The van der Waals surface area contributed by atoms with E-state index in [4.69, 9.17) is 4.42 Å². The second kappa shape index (κ2) is 5.19. The van der Waals surface area contributed by atoms with Gasteiger partial charge < -0.3 is 9.73 Å². The summed E-state index contributed by atoms with van der Waals surface area (Å²) in [5.74, 6) is 0.965. The minimum Gasteiger partial charge on any atom is -0.468 e. The molecule has 0 amide bonds. The molecular weight excluding hydrogens is 214 g/mol. The lowest BCUT2D eigenvalue weighted by Gasteiger charge is -2.10. The maximum atomic E-state index is 5.36. The molecule has 4 nitrogen and oxygen atoms in total. The van der Waals surface area contributed by atoms with E-state index < -0.39 is 0 Å². The fourth-order valence-electron chi connectivity index (χ4n) is 1.93. The van der Waals surface area contributed by atoms with E-state index in [1.807, 2.05) is 23.9 Å². The molecule has 0 radical (unpaired) electrons. The van der Waals surface area contributed by atoms with Gasteiger partial charge in [-0.25, -0.2) is 0 Å². The van der Waals surface area contributed by atoms with Gasteiger partial charge in [-0.2, -0.15) is 5.10 Å². The Labute approximate surface area is 102 Å². The third-order valence-electron chi connectivity index (χ3n) is 2.90. The molecule has 0 aliphatic heterocycles. The first kappa shape index (κ1) is 11.9. The molecule has 2 heterocycles. The predicted molar refractivity (Wildman–Crippen MR) is 66.5 cm³/mol. The third-order valence-corrected chi connectivity index (χ3v) is 2.90. The molecule has 92 valence electrons. The van der Waals surface area contributed by atoms with Gasteiger partial charge in [-0.3, -0.25) is 4.68 Å². The summed E-state index contributed by atoms with van der Waals surface area (Å²) in [6.45, 7) is 5.04. The molecular formula is C13H19N3O. The number of hydrogen-bond donors (Lipinski definition) is 1. The van der Waals surface area contributed by atoms with Crippen LogP contribution in [0.3, 0.4) is 0 Å². The maximum Gasteiger partial charge on any atom is 0.120 e. The molecule has 17 heavy (non-hydrogen) atoms. The third kappa shape index (κ3) is 2.77. The number of furan rings is 1. The summed E-state index contributed by atoms with van der Waals surface area (Å²) in [5, 5.41) is 7.87. The number of aryl methyl sites for hydroxylation is 2. The first-order chi connectivity index (χ1) is 8.20. The monoisotopic (exact) mass is 233 g/mol. The van der Waals surface area contributed by atoms with Gasteiger partial charge in [-0.1, -0.05) is 6.92 Å². The van der Waals surface area contributed by atoms with Crippen molar-refractivity contribution in [1.82, 2.24) is 15.1 Å². The van der Waals surface area contributed by atoms with Crippen LogP contribution in [0.1, 0.15) is 36.9 Å². The first-order valence-corrected chi connectivity index (χ1v) is 5.99. The molecule has 0 fully saturated rings. The highest BCUT2D eigenvalue weighted by atomic mass is 16.3. The molecule has 0 saturated heterocycles. The van der Waals surface area contributed by atoms with Crippen molar-refractivity contribution in [3.05, 3.63) is 41.6 Å². The molecule has 0 aliphatic rings. The van der Waals surface area contributed by atoms with Crippen molar-refractivity contribution in [1.29, 1.82) is 0 Å². The average molecular weight is 233 g/mol. The van der Waals surface area contributed by atoms with Crippen LogP contribution in [0.25, 0.3) is 0 Å². The Bertz CT molecular complexity index is 459. The molecule has 2 aromatic rings. The van der Waals surface area contributed by atoms with Crippen LogP contribution in [-0.4, -0.2) is 9.78 Å². The van der Waals surface area contributed by atoms with Crippen molar-refractivity contribution >= 4 is 0 Å². The van der Waals surface area contributed by atoms with Crippen molar-refractivity contribution in [2.24, 2.45) is 7.05 Å². The summed E-state index contributed by atoms with van der Waals surface area (Å²) in [4.78, 5) is 0. The molecule has 0 spiro atoms. The van der Waals surface area contributed by atoms with Gasteiger partial charge in [0.2, 0.25) is 0 Å². The van der Waals surface area contributed by atoms with Crippen LogP contribution < -0.4 is 5.32 Å². The Hall–Kier alpha value is -1.55. The highest BCUT2D eigenvalue weighted by molar-refractivity contribution is 5.17. The van der Waals surface area contributed by atoms with E-state index in [0.717, 1.165) is 24.4 Å². The number of nitrogens with one attached hydrogen (secondary N) is 1. The molecule has 2 aromatic heterocycles. The van der Waals surface area contributed by atoms with Gasteiger partial charge in [-0.05, 0) is 25.5 Å². The smallest absolute Gasteiger partial charge is 0.120 e. The van der Waals surface area contributed by atoms with E-state index in [1.165, 1.54) is 5.56 Å². The Morgan fingerprint density at radius 1 is 1.53 bits per heavy atom. The highest BCUT2D eigenvalue weighted by Crippen LogP contribution is 2.14. The zero-order chi connectivity index (χ0) is 12.3. The van der Waals surface area contributed by atoms with Crippen LogP contribution in [0, 0.1) is 0 Å². The number of hydrogen-bond acceptors (Lipinski definition) is 3. The SMILES string of the molecule is CCc1nn(C)cc1CN[C@@H](C)c1ccco1. The van der Waals surface area contributed by atoms with Gasteiger partial charge >= 0.3 is 0 Å². The van der Waals surface area contributed by atoms with Gasteiger partial charge in [0.05, 0.1) is 18.0 Å². The van der Waals surface area contributed by atoms with Crippen LogP contribution in [0.4, 0.5) is 0 Å². The standard InChI is InChI=1S/C13H19N3O/c1-4-12-11(9-16(3)15-12)8-14-10(2)13-6-5-7-17-13/h5-7,9-10,14H,4,8H2,1-3H3/t10-/m0/s1. The van der Waals surface area contributed by atoms with Crippen LogP contribution in [0.15, 0.2) is 29.0 Å². The van der Waals surface area contributed by atoms with Gasteiger partial charge in [0, 0.05) is 25.4 Å². The highest BCUT2D eigenvalue weighted by Gasteiger charge is 2.10. The quantitative estimate of drug-likeness (QED) is 0.862. The summed E-state index contributed by atoms with van der Waals surface area (Å²) in [5.41, 5.74) is 2.42. The molecule has 1 N–H and O–H groups in total. The summed E-state index contributed by atoms with van der Waals surface area (Å²) in [7, 11) is 1.96. The van der Waals surface area contributed by atoms with E-state index >= 15 is 0 Å². The molecule has 0 unspecified atom stereocenters. The molecule has 4 heteroatoms. The Morgan fingerprint density at radius 3 is 3.00 bits per heavy atom. The molecule has 2 rings (SSSR count). The normalized spacial score (nSPS) is 12.9. The van der Waals surface area contributed by atoms with Crippen molar-refractivity contribution in [3.63, 3.8) is 0 Å².